The highest BCUT2D eigenvalue weighted by atomic mass is 16.9. The van der Waals surface area contributed by atoms with Crippen LogP contribution in [-0.2, 0) is 23.7 Å². The van der Waals surface area contributed by atoms with E-state index in [9.17, 15) is 9.59 Å². The number of unbranched alkanes of at least 4 members (excludes halogenated alkanes) is 1. The molecule has 1 rings (SSSR count). The summed E-state index contributed by atoms with van der Waals surface area (Å²) in [4.78, 5) is 22.3. The Kier molecular flexibility index (Phi) is 4.12. The van der Waals surface area contributed by atoms with Crippen molar-refractivity contribution in [1.82, 2.24) is 0 Å². The quantitative estimate of drug-likeness (QED) is 0.541. The van der Waals surface area contributed by atoms with Crippen molar-refractivity contribution in [3.63, 3.8) is 0 Å². The predicted molar refractivity (Wildman–Crippen MR) is 52.4 cm³/mol. The molecule has 1 atom stereocenters. The summed E-state index contributed by atoms with van der Waals surface area (Å²) in [5.74, 6) is -1.79. The van der Waals surface area contributed by atoms with E-state index in [1.54, 1.807) is 13.8 Å². The Bertz CT molecular complexity index is 272. The molecule has 0 amide bonds. The summed E-state index contributed by atoms with van der Waals surface area (Å²) < 4.78 is 19.2. The summed E-state index contributed by atoms with van der Waals surface area (Å²) in [6.07, 6.45) is -0.601. The summed E-state index contributed by atoms with van der Waals surface area (Å²) in [5.41, 5.74) is 0. The van der Waals surface area contributed by atoms with Gasteiger partial charge in [0, 0.05) is 13.8 Å². The molecule has 0 bridgehead atoms. The Morgan fingerprint density at radius 2 is 2.19 bits per heavy atom. The molecule has 0 aromatic carbocycles. The third-order valence-corrected chi connectivity index (χ3v) is 1.85. The molecule has 0 spiro atoms. The van der Waals surface area contributed by atoms with Crippen LogP contribution in [0.1, 0.15) is 33.6 Å². The molecule has 0 unspecified atom stereocenters. The van der Waals surface area contributed by atoms with Crippen molar-refractivity contribution in [3.05, 3.63) is 0 Å². The number of rotatable bonds is 4. The molecule has 0 aliphatic carbocycles. The minimum absolute atomic E-state index is 0.264. The standard InChI is InChI=1S/C10H16O6/c1-4-5-6-13-9(12)14-8-7(11)15-10(2,3)16-8/h8H,4-6H2,1-3H3/t8-/m1/s1. The number of cyclic esters (lactones) is 1. The second kappa shape index (κ2) is 5.16. The zero-order valence-corrected chi connectivity index (χ0v) is 9.65. The van der Waals surface area contributed by atoms with E-state index in [4.69, 9.17) is 14.2 Å². The molecule has 1 aliphatic rings. The largest absolute Gasteiger partial charge is 0.511 e. The number of hydrogen-bond acceptors (Lipinski definition) is 6. The van der Waals surface area contributed by atoms with Gasteiger partial charge in [-0.15, -0.1) is 0 Å². The van der Waals surface area contributed by atoms with Gasteiger partial charge in [-0.2, -0.15) is 0 Å². The maximum absolute atomic E-state index is 11.2. The van der Waals surface area contributed by atoms with Gasteiger partial charge >= 0.3 is 18.4 Å². The van der Waals surface area contributed by atoms with Crippen molar-refractivity contribution in [2.75, 3.05) is 6.61 Å². The Balaban J connectivity index is 2.32. The third-order valence-electron chi connectivity index (χ3n) is 1.85. The van der Waals surface area contributed by atoms with Crippen LogP contribution in [0, 0.1) is 0 Å². The van der Waals surface area contributed by atoms with Gasteiger partial charge < -0.3 is 14.2 Å². The smallest absolute Gasteiger partial charge is 0.434 e. The summed E-state index contributed by atoms with van der Waals surface area (Å²) in [6.45, 7) is 5.34. The summed E-state index contributed by atoms with van der Waals surface area (Å²) in [7, 11) is 0. The minimum Gasteiger partial charge on any atom is -0.434 e. The normalized spacial score (nSPS) is 22.7. The maximum atomic E-state index is 11.2. The zero-order chi connectivity index (χ0) is 12.2. The lowest BCUT2D eigenvalue weighted by Gasteiger charge is -2.14. The first-order chi connectivity index (χ1) is 7.44. The fraction of sp³-hybridized carbons (Fsp3) is 0.800. The molecule has 0 aromatic heterocycles. The average molecular weight is 232 g/mol. The van der Waals surface area contributed by atoms with Crippen LogP contribution in [0.2, 0.25) is 0 Å². The average Bonchev–Trinajstić information content (AvgIpc) is 2.40. The van der Waals surface area contributed by atoms with E-state index in [1.807, 2.05) is 6.92 Å². The first kappa shape index (κ1) is 12.8. The lowest BCUT2D eigenvalue weighted by Crippen LogP contribution is -2.26. The van der Waals surface area contributed by atoms with Gasteiger partial charge in [-0.3, -0.25) is 4.74 Å². The summed E-state index contributed by atoms with van der Waals surface area (Å²) >= 11 is 0. The van der Waals surface area contributed by atoms with Gasteiger partial charge in [0.25, 0.3) is 0 Å². The maximum Gasteiger partial charge on any atom is 0.511 e. The molecule has 6 heteroatoms. The van der Waals surface area contributed by atoms with Crippen molar-refractivity contribution in [1.29, 1.82) is 0 Å². The number of carbonyl (C=O) groups is 2. The number of hydrogen-bond donors (Lipinski definition) is 0. The molecular formula is C10H16O6. The molecule has 1 aliphatic heterocycles. The molecule has 0 radical (unpaired) electrons. The van der Waals surface area contributed by atoms with Crippen LogP contribution in [0.4, 0.5) is 4.79 Å². The molecule has 1 fully saturated rings. The van der Waals surface area contributed by atoms with E-state index < -0.39 is 24.2 Å². The first-order valence-electron chi connectivity index (χ1n) is 5.18. The molecule has 1 saturated heterocycles. The highest BCUT2D eigenvalue weighted by Crippen LogP contribution is 2.24. The lowest BCUT2D eigenvalue weighted by molar-refractivity contribution is -0.179. The second-order valence-electron chi connectivity index (χ2n) is 3.84. The van der Waals surface area contributed by atoms with E-state index in [-0.39, 0.29) is 6.61 Å². The van der Waals surface area contributed by atoms with Crippen molar-refractivity contribution in [2.45, 2.75) is 45.7 Å². The van der Waals surface area contributed by atoms with Crippen LogP contribution in [0.25, 0.3) is 0 Å². The van der Waals surface area contributed by atoms with E-state index in [1.165, 1.54) is 0 Å². The van der Waals surface area contributed by atoms with Crippen molar-refractivity contribution in [2.24, 2.45) is 0 Å². The third kappa shape index (κ3) is 3.69. The number of ether oxygens (including phenoxy) is 4. The summed E-state index contributed by atoms with van der Waals surface area (Å²) in [6, 6.07) is 0. The number of esters is 1. The van der Waals surface area contributed by atoms with E-state index in [0.717, 1.165) is 12.8 Å². The molecule has 0 saturated carbocycles. The van der Waals surface area contributed by atoms with E-state index in [2.05, 4.69) is 4.74 Å². The van der Waals surface area contributed by atoms with Gasteiger partial charge in [-0.05, 0) is 6.42 Å². The highest BCUT2D eigenvalue weighted by Gasteiger charge is 2.44. The zero-order valence-electron chi connectivity index (χ0n) is 9.65. The van der Waals surface area contributed by atoms with E-state index >= 15 is 0 Å². The van der Waals surface area contributed by atoms with Crippen LogP contribution < -0.4 is 0 Å². The van der Waals surface area contributed by atoms with Crippen molar-refractivity contribution in [3.8, 4) is 0 Å². The molecule has 16 heavy (non-hydrogen) atoms. The van der Waals surface area contributed by atoms with Crippen molar-refractivity contribution >= 4 is 12.1 Å². The molecule has 0 N–H and O–H groups in total. The highest BCUT2D eigenvalue weighted by molar-refractivity contribution is 5.77. The Labute approximate surface area is 93.8 Å². The topological polar surface area (TPSA) is 71.1 Å². The fourth-order valence-corrected chi connectivity index (χ4v) is 1.11. The minimum atomic E-state index is -1.33. The Hall–Kier alpha value is -1.30. The molecule has 6 nitrogen and oxygen atoms in total. The van der Waals surface area contributed by atoms with Crippen LogP contribution in [0.3, 0.4) is 0 Å². The first-order valence-corrected chi connectivity index (χ1v) is 5.18. The molecule has 92 valence electrons. The van der Waals surface area contributed by atoms with Crippen LogP contribution >= 0.6 is 0 Å². The fourth-order valence-electron chi connectivity index (χ4n) is 1.11. The SMILES string of the molecule is CCCCOC(=O)O[C@@H]1OC(C)(C)OC1=O. The van der Waals surface area contributed by atoms with Crippen molar-refractivity contribution < 1.29 is 28.5 Å². The van der Waals surface area contributed by atoms with Gasteiger partial charge in [0.2, 0.25) is 5.79 Å². The van der Waals surface area contributed by atoms with E-state index in [0.29, 0.717) is 0 Å². The lowest BCUT2D eigenvalue weighted by atomic mass is 10.4. The molecular weight excluding hydrogens is 216 g/mol. The Morgan fingerprint density at radius 1 is 1.50 bits per heavy atom. The number of carbonyl (C=O) groups excluding carboxylic acids is 2. The van der Waals surface area contributed by atoms with Gasteiger partial charge in [-0.1, -0.05) is 13.3 Å². The second-order valence-corrected chi connectivity index (χ2v) is 3.84. The van der Waals surface area contributed by atoms with Gasteiger partial charge in [-0.25, -0.2) is 9.59 Å². The molecule has 1 heterocycles. The van der Waals surface area contributed by atoms with Crippen LogP contribution in [-0.4, -0.2) is 30.8 Å². The van der Waals surface area contributed by atoms with Gasteiger partial charge in [0.15, 0.2) is 0 Å². The van der Waals surface area contributed by atoms with Crippen LogP contribution in [0.15, 0.2) is 0 Å². The van der Waals surface area contributed by atoms with Gasteiger partial charge in [0.1, 0.15) is 0 Å². The molecule has 0 aromatic rings. The van der Waals surface area contributed by atoms with Crippen LogP contribution in [0.5, 0.6) is 0 Å². The monoisotopic (exact) mass is 232 g/mol. The summed E-state index contributed by atoms with van der Waals surface area (Å²) in [5, 5.41) is 0. The van der Waals surface area contributed by atoms with Gasteiger partial charge in [0.05, 0.1) is 6.61 Å². The predicted octanol–water partition coefficient (Wildman–Crippen LogP) is 1.58. The Morgan fingerprint density at radius 3 is 2.69 bits per heavy atom.